The number of rotatable bonds is 4. The van der Waals surface area contributed by atoms with Crippen molar-refractivity contribution in [2.75, 3.05) is 18.6 Å². The van der Waals surface area contributed by atoms with Crippen LogP contribution in [-0.2, 0) is 17.9 Å². The van der Waals surface area contributed by atoms with E-state index in [1.807, 2.05) is 0 Å². The molecule has 0 amide bonds. The van der Waals surface area contributed by atoms with Gasteiger partial charge in [0.1, 0.15) is 0 Å². The quantitative estimate of drug-likeness (QED) is 0.888. The van der Waals surface area contributed by atoms with Gasteiger partial charge in [-0.2, -0.15) is 0 Å². The molecule has 0 spiro atoms. The summed E-state index contributed by atoms with van der Waals surface area (Å²) in [7, 11) is 1.71. The monoisotopic (exact) mass is 253 g/mol. The van der Waals surface area contributed by atoms with E-state index < -0.39 is 0 Å². The summed E-state index contributed by atoms with van der Waals surface area (Å²) >= 11 is 1.75. The van der Waals surface area contributed by atoms with E-state index in [0.717, 1.165) is 22.8 Å². The molecule has 4 nitrogen and oxygen atoms in total. The minimum atomic E-state index is 0.568. The average Bonchev–Trinajstić information content (AvgIpc) is 3.02. The molecule has 5 heteroatoms. The maximum absolute atomic E-state index is 5.77. The highest BCUT2D eigenvalue weighted by Gasteiger charge is 2.39. The molecule has 2 atom stereocenters. The molecule has 2 aliphatic rings. The van der Waals surface area contributed by atoms with Gasteiger partial charge in [-0.15, -0.1) is 11.3 Å². The van der Waals surface area contributed by atoms with E-state index >= 15 is 0 Å². The van der Waals surface area contributed by atoms with Gasteiger partial charge in [0, 0.05) is 31.1 Å². The largest absolute Gasteiger partial charge is 0.378 e. The van der Waals surface area contributed by atoms with Crippen LogP contribution in [-0.4, -0.2) is 24.7 Å². The van der Waals surface area contributed by atoms with Gasteiger partial charge in [-0.05, 0) is 25.2 Å². The lowest BCUT2D eigenvalue weighted by Crippen LogP contribution is -2.31. The van der Waals surface area contributed by atoms with Crippen molar-refractivity contribution in [3.63, 3.8) is 0 Å². The second-order valence-electron chi connectivity index (χ2n) is 4.99. The van der Waals surface area contributed by atoms with E-state index in [1.165, 1.54) is 30.7 Å². The minimum Gasteiger partial charge on any atom is -0.378 e. The first kappa shape index (κ1) is 11.4. The van der Waals surface area contributed by atoms with Gasteiger partial charge in [-0.1, -0.05) is 0 Å². The van der Waals surface area contributed by atoms with Crippen molar-refractivity contribution in [1.29, 1.82) is 0 Å². The summed E-state index contributed by atoms with van der Waals surface area (Å²) in [4.78, 5) is 8.37. The maximum Gasteiger partial charge on any atom is 0.186 e. The van der Waals surface area contributed by atoms with E-state index in [2.05, 4.69) is 4.90 Å². The molecule has 1 saturated heterocycles. The third-order valence-corrected chi connectivity index (χ3v) is 5.05. The van der Waals surface area contributed by atoms with Crippen LogP contribution in [0.4, 0.5) is 5.13 Å². The predicted octanol–water partition coefficient (Wildman–Crippen LogP) is 1.74. The van der Waals surface area contributed by atoms with E-state index in [4.69, 9.17) is 15.5 Å². The zero-order chi connectivity index (χ0) is 11.8. The Balaban J connectivity index is 1.83. The normalized spacial score (nSPS) is 27.1. The molecule has 2 unspecified atom stereocenters. The second kappa shape index (κ2) is 4.55. The molecule has 17 heavy (non-hydrogen) atoms. The highest BCUT2D eigenvalue weighted by atomic mass is 32.1. The van der Waals surface area contributed by atoms with Crippen LogP contribution in [0.15, 0.2) is 0 Å². The number of hydrogen-bond acceptors (Lipinski definition) is 5. The number of fused-ring (bicyclic) bond motifs is 2. The van der Waals surface area contributed by atoms with Crippen molar-refractivity contribution in [2.45, 2.75) is 38.5 Å². The number of nitrogens with two attached hydrogens (primary N) is 1. The third-order valence-electron chi connectivity index (χ3n) is 3.89. The summed E-state index contributed by atoms with van der Waals surface area (Å²) in [6.07, 6.45) is 4.10. The highest BCUT2D eigenvalue weighted by Crippen LogP contribution is 2.41. The Labute approximate surface area is 106 Å². The van der Waals surface area contributed by atoms with Crippen molar-refractivity contribution >= 4 is 16.5 Å². The summed E-state index contributed by atoms with van der Waals surface area (Å²) in [5, 5.41) is 1.16. The molecule has 0 radical (unpaired) electrons. The first-order chi connectivity index (χ1) is 8.31. The van der Waals surface area contributed by atoms with Gasteiger partial charge in [-0.25, -0.2) is 4.98 Å². The summed E-state index contributed by atoms with van der Waals surface area (Å²) < 4.78 is 5.18. The van der Waals surface area contributed by atoms with Crippen molar-refractivity contribution in [3.05, 3.63) is 10.6 Å². The predicted molar refractivity (Wildman–Crippen MR) is 69.2 cm³/mol. The lowest BCUT2D eigenvalue weighted by atomic mass is 10.1. The second-order valence-corrected chi connectivity index (χ2v) is 6.05. The Kier molecular flexibility index (Phi) is 3.06. The zero-order valence-electron chi connectivity index (χ0n) is 10.2. The molecule has 1 aliphatic heterocycles. The van der Waals surface area contributed by atoms with Crippen molar-refractivity contribution in [2.24, 2.45) is 11.7 Å². The van der Waals surface area contributed by atoms with Crippen LogP contribution in [0.5, 0.6) is 0 Å². The van der Waals surface area contributed by atoms with Crippen LogP contribution in [0.25, 0.3) is 0 Å². The van der Waals surface area contributed by atoms with E-state index in [1.54, 1.807) is 18.4 Å². The van der Waals surface area contributed by atoms with Crippen LogP contribution in [0, 0.1) is 5.92 Å². The van der Waals surface area contributed by atoms with Gasteiger partial charge in [0.2, 0.25) is 0 Å². The Bertz CT molecular complexity index is 406. The van der Waals surface area contributed by atoms with Crippen molar-refractivity contribution in [1.82, 2.24) is 4.98 Å². The van der Waals surface area contributed by atoms with Gasteiger partial charge in [0.25, 0.3) is 0 Å². The molecule has 1 aromatic heterocycles. The summed E-state index contributed by atoms with van der Waals surface area (Å²) in [5.74, 6) is 0.899. The smallest absolute Gasteiger partial charge is 0.186 e. The lowest BCUT2D eigenvalue weighted by molar-refractivity contribution is 0.181. The molecule has 3 rings (SSSR count). The van der Waals surface area contributed by atoms with Gasteiger partial charge in [0.15, 0.2) is 5.13 Å². The fourth-order valence-electron chi connectivity index (χ4n) is 3.06. The number of piperidine rings is 1. The summed E-state index contributed by atoms with van der Waals surface area (Å²) in [6, 6.07) is 0.729. The van der Waals surface area contributed by atoms with Crippen LogP contribution in [0.3, 0.4) is 0 Å². The van der Waals surface area contributed by atoms with Crippen LogP contribution in [0.1, 0.15) is 29.8 Å². The van der Waals surface area contributed by atoms with Gasteiger partial charge < -0.3 is 15.4 Å². The molecule has 1 aliphatic carbocycles. The third kappa shape index (κ3) is 1.96. The number of aromatic nitrogens is 1. The lowest BCUT2D eigenvalue weighted by Gasteiger charge is -2.26. The van der Waals surface area contributed by atoms with Gasteiger partial charge in [0.05, 0.1) is 12.3 Å². The first-order valence-electron chi connectivity index (χ1n) is 6.26. The molecule has 2 heterocycles. The zero-order valence-corrected chi connectivity index (χ0v) is 11.0. The first-order valence-corrected chi connectivity index (χ1v) is 7.07. The molecule has 0 aromatic carbocycles. The SMILES string of the molecule is COCc1nc(N2CC3CCC2C3)sc1CN. The fourth-order valence-corrected chi connectivity index (χ4v) is 4.08. The minimum absolute atomic E-state index is 0.568. The summed E-state index contributed by atoms with van der Waals surface area (Å²) in [5.41, 5.74) is 6.79. The number of anilines is 1. The number of nitrogens with zero attached hydrogens (tertiary/aromatic N) is 2. The van der Waals surface area contributed by atoms with E-state index in [-0.39, 0.29) is 0 Å². The molecule has 2 fully saturated rings. The number of thiazole rings is 1. The molecule has 1 saturated carbocycles. The van der Waals surface area contributed by atoms with Gasteiger partial charge >= 0.3 is 0 Å². The fraction of sp³-hybridized carbons (Fsp3) is 0.750. The topological polar surface area (TPSA) is 51.4 Å². The highest BCUT2D eigenvalue weighted by molar-refractivity contribution is 7.15. The van der Waals surface area contributed by atoms with Gasteiger partial charge in [-0.3, -0.25) is 0 Å². The Morgan fingerprint density at radius 3 is 3.00 bits per heavy atom. The van der Waals surface area contributed by atoms with E-state index in [0.29, 0.717) is 13.2 Å². The van der Waals surface area contributed by atoms with Crippen molar-refractivity contribution < 1.29 is 4.74 Å². The number of methoxy groups -OCH3 is 1. The van der Waals surface area contributed by atoms with Crippen LogP contribution in [0.2, 0.25) is 0 Å². The van der Waals surface area contributed by atoms with Crippen molar-refractivity contribution in [3.8, 4) is 0 Å². The molecule has 2 bridgehead atoms. The standard InChI is InChI=1S/C12H19N3OS/c1-16-7-10-11(5-13)17-12(14-10)15-6-8-2-3-9(15)4-8/h8-9H,2-7,13H2,1H3. The Morgan fingerprint density at radius 1 is 1.53 bits per heavy atom. The molecule has 2 N–H and O–H groups in total. The molecular formula is C12H19N3OS. The molecular weight excluding hydrogens is 234 g/mol. The molecule has 1 aromatic rings. The Morgan fingerprint density at radius 2 is 2.41 bits per heavy atom. The van der Waals surface area contributed by atoms with Crippen LogP contribution >= 0.6 is 11.3 Å². The maximum atomic E-state index is 5.77. The average molecular weight is 253 g/mol. The number of ether oxygens (including phenoxy) is 1. The van der Waals surface area contributed by atoms with E-state index in [9.17, 15) is 0 Å². The number of hydrogen-bond donors (Lipinski definition) is 1. The molecule has 94 valence electrons. The Hall–Kier alpha value is -0.650. The summed E-state index contributed by atoms with van der Waals surface area (Å²) in [6.45, 7) is 2.33. The van der Waals surface area contributed by atoms with Crippen LogP contribution < -0.4 is 10.6 Å².